The van der Waals surface area contributed by atoms with Crippen molar-refractivity contribution in [2.45, 2.75) is 55.4 Å². The van der Waals surface area contributed by atoms with Gasteiger partial charge in [0.25, 0.3) is 10.0 Å². The molecule has 0 spiro atoms. The minimum atomic E-state index is -4.28. The Morgan fingerprint density at radius 1 is 1.21 bits per heavy atom. The molecule has 1 aliphatic carbocycles. The van der Waals surface area contributed by atoms with Crippen molar-refractivity contribution in [2.24, 2.45) is 5.73 Å². The van der Waals surface area contributed by atoms with Crippen molar-refractivity contribution in [1.29, 1.82) is 0 Å². The van der Waals surface area contributed by atoms with E-state index in [1.807, 2.05) is 4.72 Å². The van der Waals surface area contributed by atoms with Crippen molar-refractivity contribution in [3.05, 3.63) is 34.3 Å². The Bertz CT molecular complexity index is 965. The Balaban J connectivity index is 1.51. The monoisotopic (exact) mass is 464 g/mol. The minimum absolute atomic E-state index is 0.0795. The summed E-state index contributed by atoms with van der Waals surface area (Å²) in [6, 6.07) is 2.08. The zero-order chi connectivity index (χ0) is 21.1. The Kier molecular flexibility index (Phi) is 6.98. The second kappa shape index (κ2) is 9.11. The third-order valence-corrected chi connectivity index (χ3v) is 7.32. The number of anilines is 2. The number of aromatic nitrogens is 1. The van der Waals surface area contributed by atoms with Gasteiger partial charge in [-0.05, 0) is 37.8 Å². The van der Waals surface area contributed by atoms with Gasteiger partial charge in [-0.3, -0.25) is 4.72 Å². The Hall–Kier alpha value is -1.49. The SMILES string of the molecule is NC1(CCCCCCNc2cc(F)c(S(=O)(=O)Nc3ncc(F)s3)cc2Cl)CC1. The Morgan fingerprint density at radius 2 is 1.93 bits per heavy atom. The second-order valence-electron chi connectivity index (χ2n) is 7.29. The molecule has 0 atom stereocenters. The minimum Gasteiger partial charge on any atom is -0.384 e. The van der Waals surface area contributed by atoms with E-state index in [1.54, 1.807) is 0 Å². The normalized spacial score (nSPS) is 15.3. The summed E-state index contributed by atoms with van der Waals surface area (Å²) in [4.78, 5) is 2.94. The first-order valence-corrected chi connectivity index (χ1v) is 12.0. The first-order chi connectivity index (χ1) is 13.7. The smallest absolute Gasteiger partial charge is 0.266 e. The van der Waals surface area contributed by atoms with E-state index < -0.39 is 25.9 Å². The van der Waals surface area contributed by atoms with Crippen LogP contribution in [-0.2, 0) is 10.0 Å². The maximum absolute atomic E-state index is 14.4. The molecule has 11 heteroatoms. The number of nitrogens with two attached hydrogens (primary N) is 1. The molecule has 160 valence electrons. The van der Waals surface area contributed by atoms with Crippen molar-refractivity contribution >= 4 is 43.8 Å². The molecule has 1 heterocycles. The number of nitrogens with zero attached hydrogens (tertiary/aromatic N) is 1. The first kappa shape index (κ1) is 22.2. The molecular formula is C18H23ClF2N4O2S2. The summed E-state index contributed by atoms with van der Waals surface area (Å²) >= 11 is 6.63. The summed E-state index contributed by atoms with van der Waals surface area (Å²) in [5.74, 6) is -0.959. The fourth-order valence-corrected chi connectivity index (χ4v) is 5.10. The van der Waals surface area contributed by atoms with Crippen LogP contribution >= 0.6 is 22.9 Å². The van der Waals surface area contributed by atoms with E-state index >= 15 is 0 Å². The number of benzene rings is 1. The number of sulfonamides is 1. The predicted octanol–water partition coefficient (Wildman–Crippen LogP) is 4.73. The Morgan fingerprint density at radius 3 is 2.59 bits per heavy atom. The van der Waals surface area contributed by atoms with Crippen molar-refractivity contribution in [3.8, 4) is 0 Å². The van der Waals surface area contributed by atoms with E-state index in [4.69, 9.17) is 17.3 Å². The number of rotatable bonds is 11. The number of unbranched alkanes of at least 4 members (excludes halogenated alkanes) is 3. The van der Waals surface area contributed by atoms with Gasteiger partial charge in [-0.2, -0.15) is 4.39 Å². The number of hydrogen-bond acceptors (Lipinski definition) is 6. The van der Waals surface area contributed by atoms with Crippen LogP contribution in [0.1, 0.15) is 44.9 Å². The molecule has 0 radical (unpaired) electrons. The molecule has 2 aromatic rings. The number of hydrogen-bond donors (Lipinski definition) is 3. The highest BCUT2D eigenvalue weighted by atomic mass is 35.5. The largest absolute Gasteiger partial charge is 0.384 e. The molecule has 1 fully saturated rings. The van der Waals surface area contributed by atoms with Gasteiger partial charge in [-0.15, -0.1) is 0 Å². The molecule has 1 saturated carbocycles. The molecule has 0 bridgehead atoms. The zero-order valence-electron chi connectivity index (χ0n) is 15.7. The highest BCUT2D eigenvalue weighted by molar-refractivity contribution is 7.93. The molecule has 0 unspecified atom stereocenters. The van der Waals surface area contributed by atoms with E-state index in [9.17, 15) is 17.2 Å². The van der Waals surface area contributed by atoms with E-state index in [0.29, 0.717) is 23.6 Å². The van der Waals surface area contributed by atoms with Gasteiger partial charge in [0.15, 0.2) is 10.3 Å². The highest BCUT2D eigenvalue weighted by Gasteiger charge is 2.36. The summed E-state index contributed by atoms with van der Waals surface area (Å²) in [5, 5.41) is 2.26. The molecule has 4 N–H and O–H groups in total. The molecule has 0 saturated heterocycles. The van der Waals surface area contributed by atoms with Gasteiger partial charge in [0.05, 0.1) is 16.9 Å². The van der Waals surface area contributed by atoms with Crippen LogP contribution in [0.3, 0.4) is 0 Å². The molecule has 29 heavy (non-hydrogen) atoms. The van der Waals surface area contributed by atoms with Crippen LogP contribution in [0, 0.1) is 10.9 Å². The molecular weight excluding hydrogens is 442 g/mol. The number of nitrogens with one attached hydrogen (secondary N) is 2. The quantitative estimate of drug-likeness (QED) is 0.418. The number of halogens is 3. The van der Waals surface area contributed by atoms with E-state index in [2.05, 4.69) is 10.3 Å². The molecule has 1 aliphatic rings. The lowest BCUT2D eigenvalue weighted by atomic mass is 10.1. The fourth-order valence-electron chi connectivity index (χ4n) is 2.93. The van der Waals surface area contributed by atoms with E-state index in [1.165, 1.54) is 0 Å². The Labute approximate surface area is 177 Å². The standard InChI is InChI=1S/C18H23ClF2N4O2S2/c19-12-9-15(29(26,27)25-17-24-11-16(21)28-17)13(20)10-14(12)23-8-4-2-1-3-5-18(22)6-7-18/h9-11,23H,1-8,22H2,(H,24,25). The van der Waals surface area contributed by atoms with Crippen molar-refractivity contribution in [2.75, 3.05) is 16.6 Å². The summed E-state index contributed by atoms with van der Waals surface area (Å²) < 4.78 is 54.1. The molecule has 1 aromatic heterocycles. The first-order valence-electron chi connectivity index (χ1n) is 9.34. The number of thiazole rings is 1. The summed E-state index contributed by atoms with van der Waals surface area (Å²) in [5.41, 5.74) is 6.46. The van der Waals surface area contributed by atoms with Crippen molar-refractivity contribution in [1.82, 2.24) is 4.98 Å². The third-order valence-electron chi connectivity index (χ3n) is 4.82. The van der Waals surface area contributed by atoms with E-state index in [0.717, 1.165) is 63.3 Å². The maximum Gasteiger partial charge on any atom is 0.266 e. The lowest BCUT2D eigenvalue weighted by Gasteiger charge is -2.12. The van der Waals surface area contributed by atoms with Crippen LogP contribution in [0.2, 0.25) is 5.02 Å². The van der Waals surface area contributed by atoms with Gasteiger partial charge >= 0.3 is 0 Å². The van der Waals surface area contributed by atoms with Crippen LogP contribution < -0.4 is 15.8 Å². The second-order valence-corrected chi connectivity index (χ2v) is 10.3. The molecule has 3 rings (SSSR count). The molecule has 0 amide bonds. The third kappa shape index (κ3) is 6.24. The topological polar surface area (TPSA) is 97.1 Å². The van der Waals surface area contributed by atoms with E-state index in [-0.39, 0.29) is 15.7 Å². The van der Waals surface area contributed by atoms with Crippen LogP contribution in [-0.4, -0.2) is 25.5 Å². The maximum atomic E-state index is 14.4. The predicted molar refractivity (Wildman–Crippen MR) is 112 cm³/mol. The molecule has 6 nitrogen and oxygen atoms in total. The van der Waals surface area contributed by atoms with Gasteiger partial charge in [0.1, 0.15) is 10.7 Å². The van der Waals surface area contributed by atoms with Gasteiger partial charge in [-0.1, -0.05) is 42.2 Å². The van der Waals surface area contributed by atoms with Gasteiger partial charge in [0.2, 0.25) is 0 Å². The van der Waals surface area contributed by atoms with Crippen molar-refractivity contribution < 1.29 is 17.2 Å². The highest BCUT2D eigenvalue weighted by Crippen LogP contribution is 2.37. The summed E-state index contributed by atoms with van der Waals surface area (Å²) in [6.07, 6.45) is 8.28. The molecule has 0 aliphatic heterocycles. The summed E-state index contributed by atoms with van der Waals surface area (Å²) in [6.45, 7) is 0.593. The van der Waals surface area contributed by atoms with Crippen molar-refractivity contribution in [3.63, 3.8) is 0 Å². The lowest BCUT2D eigenvalue weighted by molar-refractivity contribution is 0.538. The molecule has 1 aromatic carbocycles. The van der Waals surface area contributed by atoms with Crippen LogP contribution in [0.25, 0.3) is 0 Å². The van der Waals surface area contributed by atoms with Crippen LogP contribution in [0.5, 0.6) is 0 Å². The average Bonchev–Trinajstić information content (AvgIpc) is 3.24. The van der Waals surface area contributed by atoms with Crippen LogP contribution in [0.15, 0.2) is 23.2 Å². The lowest BCUT2D eigenvalue weighted by Crippen LogP contribution is -2.20. The zero-order valence-corrected chi connectivity index (χ0v) is 18.1. The van der Waals surface area contributed by atoms with Crippen LogP contribution in [0.4, 0.5) is 19.6 Å². The summed E-state index contributed by atoms with van der Waals surface area (Å²) in [7, 11) is -4.28. The van der Waals surface area contributed by atoms with Gasteiger partial charge in [0, 0.05) is 12.1 Å². The van der Waals surface area contributed by atoms with Gasteiger partial charge in [-0.25, -0.2) is 17.8 Å². The average molecular weight is 465 g/mol. The van der Waals surface area contributed by atoms with Gasteiger partial charge < -0.3 is 11.1 Å². The fraction of sp³-hybridized carbons (Fsp3) is 0.500.